The maximum atomic E-state index is 11.4. The summed E-state index contributed by atoms with van der Waals surface area (Å²) in [4.78, 5) is 33.1. The Hall–Kier alpha value is -1.63. The highest BCUT2D eigenvalue weighted by Crippen LogP contribution is 2.37. The van der Waals surface area contributed by atoms with E-state index >= 15 is 0 Å². The zero-order chi connectivity index (χ0) is 14.4. The number of amides is 2. The van der Waals surface area contributed by atoms with E-state index in [0.717, 1.165) is 6.42 Å². The van der Waals surface area contributed by atoms with Crippen LogP contribution in [-0.4, -0.2) is 47.2 Å². The van der Waals surface area contributed by atoms with Gasteiger partial charge in [0.05, 0.1) is 0 Å². The van der Waals surface area contributed by atoms with Crippen molar-refractivity contribution in [2.45, 2.75) is 32.3 Å². The molecule has 0 saturated heterocycles. The van der Waals surface area contributed by atoms with Crippen molar-refractivity contribution in [1.82, 2.24) is 10.6 Å². The highest BCUT2D eigenvalue weighted by molar-refractivity contribution is 5.82. The van der Waals surface area contributed by atoms with Crippen molar-refractivity contribution < 1.29 is 24.6 Å². The van der Waals surface area contributed by atoms with Crippen molar-refractivity contribution in [1.29, 1.82) is 0 Å². The summed E-state index contributed by atoms with van der Waals surface area (Å²) < 4.78 is 0. The Labute approximate surface area is 111 Å². The highest BCUT2D eigenvalue weighted by Gasteiger charge is 2.38. The number of aliphatic carboxylic acids is 1. The molecule has 1 saturated carbocycles. The summed E-state index contributed by atoms with van der Waals surface area (Å²) in [7, 11) is 0. The number of aliphatic hydroxyl groups excluding tert-OH is 1. The number of nitrogens with one attached hydrogen (secondary N) is 2. The summed E-state index contributed by atoms with van der Waals surface area (Å²) >= 11 is 0. The molecule has 0 aliphatic heterocycles. The lowest BCUT2D eigenvalue weighted by Crippen LogP contribution is -2.33. The molecule has 7 nitrogen and oxygen atoms in total. The Bertz CT molecular complexity index is 358. The Morgan fingerprint density at radius 2 is 1.89 bits per heavy atom. The molecule has 0 aromatic carbocycles. The molecule has 0 aromatic rings. The average molecular weight is 272 g/mol. The molecular formula is C12H20N2O5. The largest absolute Gasteiger partial charge is 0.479 e. The minimum atomic E-state index is -1.46. The van der Waals surface area contributed by atoms with E-state index < -0.39 is 12.1 Å². The first-order valence-electron chi connectivity index (χ1n) is 6.37. The minimum Gasteiger partial charge on any atom is -0.479 e. The molecule has 4 N–H and O–H groups in total. The number of rotatable bonds is 8. The van der Waals surface area contributed by atoms with Crippen LogP contribution in [0.3, 0.4) is 0 Å². The zero-order valence-electron chi connectivity index (χ0n) is 10.9. The van der Waals surface area contributed by atoms with Crippen LogP contribution in [0.5, 0.6) is 0 Å². The van der Waals surface area contributed by atoms with Crippen LogP contribution in [0.4, 0.5) is 0 Å². The Morgan fingerprint density at radius 1 is 1.26 bits per heavy atom. The van der Waals surface area contributed by atoms with Gasteiger partial charge >= 0.3 is 5.97 Å². The van der Waals surface area contributed by atoms with E-state index in [0.29, 0.717) is 5.92 Å². The summed E-state index contributed by atoms with van der Waals surface area (Å²) in [6.45, 7) is 2.37. The van der Waals surface area contributed by atoms with Gasteiger partial charge in [-0.05, 0) is 12.3 Å². The fraction of sp³-hybridized carbons (Fsp3) is 0.750. The van der Waals surface area contributed by atoms with Crippen LogP contribution in [0.1, 0.15) is 26.2 Å². The maximum Gasteiger partial charge on any atom is 0.332 e. The Kier molecular flexibility index (Phi) is 5.75. The molecule has 2 unspecified atom stereocenters. The second kappa shape index (κ2) is 7.08. The number of carboxylic acid groups (broad SMARTS) is 1. The third-order valence-electron chi connectivity index (χ3n) is 3.12. The van der Waals surface area contributed by atoms with E-state index in [9.17, 15) is 14.4 Å². The molecule has 0 radical (unpaired) electrons. The van der Waals surface area contributed by atoms with E-state index in [1.165, 1.54) is 0 Å². The molecule has 1 fully saturated rings. The molecule has 108 valence electrons. The summed E-state index contributed by atoms with van der Waals surface area (Å²) in [6, 6.07) is 0. The standard InChI is InChI=1S/C12H20N2O5/c1-7-6-8(7)11(17)14-5-3-10(16)13-4-2-9(15)12(18)19/h7-9,15H,2-6H2,1H3,(H,13,16)(H,14,17)(H,18,19)/t7?,8?,9-/m0/s1. The van der Waals surface area contributed by atoms with Gasteiger partial charge in [0.2, 0.25) is 11.8 Å². The van der Waals surface area contributed by atoms with Gasteiger partial charge in [-0.3, -0.25) is 9.59 Å². The molecule has 19 heavy (non-hydrogen) atoms. The third-order valence-corrected chi connectivity index (χ3v) is 3.12. The fourth-order valence-corrected chi connectivity index (χ4v) is 1.68. The predicted molar refractivity (Wildman–Crippen MR) is 66.2 cm³/mol. The van der Waals surface area contributed by atoms with Gasteiger partial charge in [-0.25, -0.2) is 4.79 Å². The van der Waals surface area contributed by atoms with E-state index in [-0.39, 0.29) is 43.7 Å². The van der Waals surface area contributed by atoms with Crippen LogP contribution in [0.15, 0.2) is 0 Å². The summed E-state index contributed by atoms with van der Waals surface area (Å²) in [6.07, 6.45) is -0.440. The van der Waals surface area contributed by atoms with Gasteiger partial charge < -0.3 is 20.8 Å². The normalized spacial score (nSPS) is 22.4. The van der Waals surface area contributed by atoms with Crippen molar-refractivity contribution in [2.75, 3.05) is 13.1 Å². The van der Waals surface area contributed by atoms with Gasteiger partial charge in [0.15, 0.2) is 6.10 Å². The quantitative estimate of drug-likeness (QED) is 0.457. The number of carbonyl (C=O) groups excluding carboxylic acids is 2. The van der Waals surface area contributed by atoms with Crippen LogP contribution in [0.2, 0.25) is 0 Å². The number of aliphatic hydroxyl groups is 1. The molecule has 0 heterocycles. The van der Waals surface area contributed by atoms with Gasteiger partial charge in [0.25, 0.3) is 0 Å². The van der Waals surface area contributed by atoms with E-state index in [4.69, 9.17) is 10.2 Å². The SMILES string of the molecule is CC1CC1C(=O)NCCC(=O)NCC[C@H](O)C(=O)O. The van der Waals surface area contributed by atoms with Gasteiger partial charge in [-0.15, -0.1) is 0 Å². The molecule has 2 amide bonds. The topological polar surface area (TPSA) is 116 Å². The van der Waals surface area contributed by atoms with Crippen molar-refractivity contribution in [3.8, 4) is 0 Å². The molecule has 1 aliphatic rings. The van der Waals surface area contributed by atoms with Crippen LogP contribution in [0.25, 0.3) is 0 Å². The predicted octanol–water partition coefficient (Wildman–Crippen LogP) is -0.899. The summed E-state index contributed by atoms with van der Waals surface area (Å²) in [5.74, 6) is -1.07. The Balaban J connectivity index is 2.02. The molecule has 1 rings (SSSR count). The van der Waals surface area contributed by atoms with Crippen molar-refractivity contribution in [3.63, 3.8) is 0 Å². The number of hydrogen-bond acceptors (Lipinski definition) is 4. The van der Waals surface area contributed by atoms with Crippen molar-refractivity contribution in [2.24, 2.45) is 11.8 Å². The third kappa shape index (κ3) is 5.69. The van der Waals surface area contributed by atoms with Gasteiger partial charge in [-0.1, -0.05) is 6.92 Å². The molecule has 1 aliphatic carbocycles. The summed E-state index contributed by atoms with van der Waals surface area (Å²) in [5, 5.41) is 22.6. The molecule has 3 atom stereocenters. The first-order chi connectivity index (χ1) is 8.91. The van der Waals surface area contributed by atoms with Gasteiger partial charge in [0, 0.05) is 31.8 Å². The number of carbonyl (C=O) groups is 3. The monoisotopic (exact) mass is 272 g/mol. The van der Waals surface area contributed by atoms with Crippen molar-refractivity contribution >= 4 is 17.8 Å². The second-order valence-corrected chi connectivity index (χ2v) is 4.85. The molecule has 0 bridgehead atoms. The lowest BCUT2D eigenvalue weighted by Gasteiger charge is -2.08. The minimum absolute atomic E-state index is 0.0124. The van der Waals surface area contributed by atoms with Crippen LogP contribution in [-0.2, 0) is 14.4 Å². The summed E-state index contributed by atoms with van der Waals surface area (Å²) in [5.41, 5.74) is 0. The number of carboxylic acids is 1. The molecule has 0 aromatic heterocycles. The lowest BCUT2D eigenvalue weighted by molar-refractivity contribution is -0.147. The second-order valence-electron chi connectivity index (χ2n) is 4.85. The fourth-order valence-electron chi connectivity index (χ4n) is 1.68. The van der Waals surface area contributed by atoms with E-state index in [2.05, 4.69) is 10.6 Å². The van der Waals surface area contributed by atoms with E-state index in [1.807, 2.05) is 6.92 Å². The lowest BCUT2D eigenvalue weighted by atomic mass is 10.2. The molecular weight excluding hydrogens is 252 g/mol. The smallest absolute Gasteiger partial charge is 0.332 e. The molecule has 7 heteroatoms. The van der Waals surface area contributed by atoms with Crippen LogP contribution < -0.4 is 10.6 Å². The first-order valence-corrected chi connectivity index (χ1v) is 6.37. The molecule has 0 spiro atoms. The first kappa shape index (κ1) is 15.4. The number of hydrogen-bond donors (Lipinski definition) is 4. The van der Waals surface area contributed by atoms with Crippen LogP contribution in [0, 0.1) is 11.8 Å². The average Bonchev–Trinajstić information content (AvgIpc) is 3.06. The maximum absolute atomic E-state index is 11.4. The highest BCUT2D eigenvalue weighted by atomic mass is 16.4. The van der Waals surface area contributed by atoms with Crippen LogP contribution >= 0.6 is 0 Å². The van der Waals surface area contributed by atoms with Gasteiger partial charge in [-0.2, -0.15) is 0 Å². The van der Waals surface area contributed by atoms with E-state index in [1.54, 1.807) is 0 Å². The van der Waals surface area contributed by atoms with Crippen molar-refractivity contribution in [3.05, 3.63) is 0 Å². The Morgan fingerprint density at radius 3 is 2.42 bits per heavy atom. The van der Waals surface area contributed by atoms with Gasteiger partial charge in [0.1, 0.15) is 0 Å². The zero-order valence-corrected chi connectivity index (χ0v) is 10.9.